The maximum atomic E-state index is 13.6. The van der Waals surface area contributed by atoms with Crippen LogP contribution in [0.2, 0.25) is 5.02 Å². The zero-order chi connectivity index (χ0) is 20.7. The molecule has 0 aliphatic rings. The van der Waals surface area contributed by atoms with Gasteiger partial charge in [0.05, 0.1) is 17.6 Å². The van der Waals surface area contributed by atoms with Crippen molar-refractivity contribution in [2.75, 3.05) is 0 Å². The van der Waals surface area contributed by atoms with Gasteiger partial charge in [0.25, 0.3) is 5.56 Å². The van der Waals surface area contributed by atoms with E-state index in [1.54, 1.807) is 27.6 Å². The Morgan fingerprint density at radius 1 is 0.867 bits per heavy atom. The van der Waals surface area contributed by atoms with Crippen LogP contribution in [0.15, 0.2) is 89.9 Å². The van der Waals surface area contributed by atoms with Crippen molar-refractivity contribution in [3.8, 4) is 22.8 Å². The van der Waals surface area contributed by atoms with Crippen LogP contribution in [0.1, 0.15) is 5.56 Å². The van der Waals surface area contributed by atoms with Gasteiger partial charge in [0.2, 0.25) is 0 Å². The van der Waals surface area contributed by atoms with Crippen molar-refractivity contribution in [3.63, 3.8) is 0 Å². The molecule has 0 aliphatic carbocycles. The fourth-order valence-corrected chi connectivity index (χ4v) is 3.77. The summed E-state index contributed by atoms with van der Waals surface area (Å²) in [5.74, 6) is 0.547. The summed E-state index contributed by atoms with van der Waals surface area (Å²) >= 11 is 6.23. The second kappa shape index (κ2) is 7.28. The first-order chi connectivity index (χ1) is 14.6. The maximum absolute atomic E-state index is 13.6. The minimum absolute atomic E-state index is 0.192. The van der Waals surface area contributed by atoms with Crippen molar-refractivity contribution < 1.29 is 0 Å². The Kier molecular flexibility index (Phi) is 4.45. The SMILES string of the molecule is Cc1ccccc1-c1nc2c(cnn2-c2ccccc2)c(=O)n1-c1cccc(Cl)c1. The molecule has 0 aliphatic heterocycles. The maximum Gasteiger partial charge on any atom is 0.269 e. The number of aromatic nitrogens is 4. The van der Waals surface area contributed by atoms with Gasteiger partial charge < -0.3 is 0 Å². The Hall–Kier alpha value is -3.70. The van der Waals surface area contributed by atoms with Crippen molar-refractivity contribution in [2.45, 2.75) is 6.92 Å². The van der Waals surface area contributed by atoms with Gasteiger partial charge in [-0.25, -0.2) is 9.67 Å². The molecule has 0 amide bonds. The van der Waals surface area contributed by atoms with E-state index in [1.807, 2.05) is 73.7 Å². The zero-order valence-electron chi connectivity index (χ0n) is 16.2. The summed E-state index contributed by atoms with van der Waals surface area (Å²) in [4.78, 5) is 18.5. The minimum Gasteiger partial charge on any atom is -0.268 e. The molecule has 0 spiro atoms. The van der Waals surface area contributed by atoms with Crippen LogP contribution in [-0.2, 0) is 0 Å². The largest absolute Gasteiger partial charge is 0.269 e. The first-order valence-corrected chi connectivity index (χ1v) is 9.89. The summed E-state index contributed by atoms with van der Waals surface area (Å²) in [6.07, 6.45) is 1.57. The normalized spacial score (nSPS) is 11.1. The smallest absolute Gasteiger partial charge is 0.268 e. The standard InChI is InChI=1S/C24H17ClN4O/c1-16-8-5-6-13-20(16)22-27-23-21(15-26-29(23)18-10-3-2-4-11-18)24(30)28(22)19-12-7-9-17(25)14-19/h2-15H,1H3. The third kappa shape index (κ3) is 3.00. The number of rotatable bonds is 3. The Morgan fingerprint density at radius 2 is 1.60 bits per heavy atom. The predicted molar refractivity (Wildman–Crippen MR) is 120 cm³/mol. The molecule has 0 saturated carbocycles. The average molecular weight is 413 g/mol. The number of fused-ring (bicyclic) bond motifs is 1. The van der Waals surface area contributed by atoms with Gasteiger partial charge in [-0.15, -0.1) is 0 Å². The molecule has 6 heteroatoms. The highest BCUT2D eigenvalue weighted by Gasteiger charge is 2.19. The number of aryl methyl sites for hydroxylation is 1. The van der Waals surface area contributed by atoms with Gasteiger partial charge in [-0.3, -0.25) is 9.36 Å². The number of benzene rings is 3. The molecule has 146 valence electrons. The van der Waals surface area contributed by atoms with E-state index in [9.17, 15) is 4.79 Å². The molecule has 30 heavy (non-hydrogen) atoms. The fourth-order valence-electron chi connectivity index (χ4n) is 3.58. The van der Waals surface area contributed by atoms with Gasteiger partial charge in [-0.2, -0.15) is 5.10 Å². The van der Waals surface area contributed by atoms with E-state index in [-0.39, 0.29) is 5.56 Å². The van der Waals surface area contributed by atoms with Crippen LogP contribution < -0.4 is 5.56 Å². The number of halogens is 1. The lowest BCUT2D eigenvalue weighted by Crippen LogP contribution is -2.22. The predicted octanol–water partition coefficient (Wildman–Crippen LogP) is 5.20. The van der Waals surface area contributed by atoms with Gasteiger partial charge in [0.1, 0.15) is 11.2 Å². The Morgan fingerprint density at radius 3 is 2.37 bits per heavy atom. The van der Waals surface area contributed by atoms with Crippen molar-refractivity contribution >= 4 is 22.6 Å². The van der Waals surface area contributed by atoms with Crippen molar-refractivity contribution in [2.24, 2.45) is 0 Å². The second-order valence-corrected chi connectivity index (χ2v) is 7.44. The topological polar surface area (TPSA) is 52.7 Å². The van der Waals surface area contributed by atoms with E-state index in [0.29, 0.717) is 27.6 Å². The van der Waals surface area contributed by atoms with E-state index in [2.05, 4.69) is 5.10 Å². The number of hydrogen-bond donors (Lipinski definition) is 0. The Bertz CT molecular complexity index is 1440. The molecule has 3 aromatic carbocycles. The van der Waals surface area contributed by atoms with Gasteiger partial charge in [0.15, 0.2) is 5.65 Å². The first-order valence-electron chi connectivity index (χ1n) is 9.51. The van der Waals surface area contributed by atoms with Gasteiger partial charge in [0, 0.05) is 10.6 Å². The number of hydrogen-bond acceptors (Lipinski definition) is 3. The number of nitrogens with zero attached hydrogens (tertiary/aromatic N) is 4. The fraction of sp³-hybridized carbons (Fsp3) is 0.0417. The summed E-state index contributed by atoms with van der Waals surface area (Å²) in [7, 11) is 0. The molecule has 0 saturated heterocycles. The van der Waals surface area contributed by atoms with E-state index < -0.39 is 0 Å². The molecular formula is C24H17ClN4O. The van der Waals surface area contributed by atoms with Gasteiger partial charge in [-0.1, -0.05) is 60.1 Å². The lowest BCUT2D eigenvalue weighted by molar-refractivity contribution is 0.888. The van der Waals surface area contributed by atoms with Gasteiger partial charge in [-0.05, 0) is 42.8 Å². The molecule has 5 aromatic rings. The molecule has 0 bridgehead atoms. The molecule has 0 N–H and O–H groups in total. The summed E-state index contributed by atoms with van der Waals surface area (Å²) < 4.78 is 3.30. The van der Waals surface area contributed by atoms with Crippen LogP contribution in [0.5, 0.6) is 0 Å². The number of para-hydroxylation sites is 1. The molecule has 0 atom stereocenters. The summed E-state index contributed by atoms with van der Waals surface area (Å²) in [5, 5.41) is 5.44. The molecule has 5 nitrogen and oxygen atoms in total. The van der Waals surface area contributed by atoms with Crippen LogP contribution in [0.25, 0.3) is 33.8 Å². The van der Waals surface area contributed by atoms with E-state index in [0.717, 1.165) is 16.8 Å². The quantitative estimate of drug-likeness (QED) is 0.409. The van der Waals surface area contributed by atoms with Crippen molar-refractivity contribution in [3.05, 3.63) is 106 Å². The monoisotopic (exact) mass is 412 g/mol. The molecule has 5 rings (SSSR count). The summed E-state index contributed by atoms with van der Waals surface area (Å²) in [5.41, 5.74) is 3.72. The van der Waals surface area contributed by atoms with Crippen LogP contribution in [0.4, 0.5) is 0 Å². The minimum atomic E-state index is -0.192. The molecule has 0 fully saturated rings. The average Bonchev–Trinajstić information content (AvgIpc) is 3.19. The summed E-state index contributed by atoms with van der Waals surface area (Å²) in [6.45, 7) is 2.00. The van der Waals surface area contributed by atoms with Crippen molar-refractivity contribution in [1.82, 2.24) is 19.3 Å². The lowest BCUT2D eigenvalue weighted by atomic mass is 10.1. The summed E-state index contributed by atoms with van der Waals surface area (Å²) in [6, 6.07) is 24.8. The first kappa shape index (κ1) is 18.3. The van der Waals surface area contributed by atoms with Gasteiger partial charge >= 0.3 is 0 Å². The van der Waals surface area contributed by atoms with E-state index >= 15 is 0 Å². The lowest BCUT2D eigenvalue weighted by Gasteiger charge is -2.15. The molecular weight excluding hydrogens is 396 g/mol. The van der Waals surface area contributed by atoms with E-state index in [4.69, 9.17) is 16.6 Å². The highest BCUT2D eigenvalue weighted by Crippen LogP contribution is 2.26. The Balaban J connectivity index is 1.89. The second-order valence-electron chi connectivity index (χ2n) is 7.00. The van der Waals surface area contributed by atoms with Crippen LogP contribution >= 0.6 is 11.6 Å². The van der Waals surface area contributed by atoms with E-state index in [1.165, 1.54) is 0 Å². The molecule has 0 radical (unpaired) electrons. The highest BCUT2D eigenvalue weighted by atomic mass is 35.5. The van der Waals surface area contributed by atoms with Crippen LogP contribution in [0.3, 0.4) is 0 Å². The highest BCUT2D eigenvalue weighted by molar-refractivity contribution is 6.30. The Labute approximate surface area is 177 Å². The van der Waals surface area contributed by atoms with Crippen LogP contribution in [-0.4, -0.2) is 19.3 Å². The zero-order valence-corrected chi connectivity index (χ0v) is 16.9. The molecule has 2 heterocycles. The third-order valence-electron chi connectivity index (χ3n) is 5.05. The van der Waals surface area contributed by atoms with Crippen LogP contribution in [0, 0.1) is 6.92 Å². The third-order valence-corrected chi connectivity index (χ3v) is 5.29. The molecule has 2 aromatic heterocycles. The molecule has 0 unspecified atom stereocenters. The van der Waals surface area contributed by atoms with Crippen molar-refractivity contribution in [1.29, 1.82) is 0 Å².